The number of benzene rings is 1. The van der Waals surface area contributed by atoms with E-state index in [0.717, 1.165) is 55.4 Å². The van der Waals surface area contributed by atoms with E-state index in [0.29, 0.717) is 5.91 Å². The third kappa shape index (κ3) is 2.74. The zero-order chi connectivity index (χ0) is 15.8. The summed E-state index contributed by atoms with van der Waals surface area (Å²) in [4.78, 5) is 21.8. The molecule has 1 fully saturated rings. The Morgan fingerprint density at radius 3 is 2.74 bits per heavy atom. The van der Waals surface area contributed by atoms with Crippen molar-refractivity contribution in [1.82, 2.24) is 4.98 Å². The second kappa shape index (κ2) is 5.96. The van der Waals surface area contributed by atoms with Crippen LogP contribution < -0.4 is 9.80 Å². The molecule has 4 nitrogen and oxygen atoms in total. The first-order valence-electron chi connectivity index (χ1n) is 8.29. The summed E-state index contributed by atoms with van der Waals surface area (Å²) in [6.45, 7) is 4.73. The Kier molecular flexibility index (Phi) is 3.81. The van der Waals surface area contributed by atoms with Crippen LogP contribution in [0.2, 0.25) is 0 Å². The number of hydrogen-bond donors (Lipinski definition) is 0. The van der Waals surface area contributed by atoms with Gasteiger partial charge in [-0.1, -0.05) is 18.2 Å². The van der Waals surface area contributed by atoms with Gasteiger partial charge in [-0.15, -0.1) is 11.3 Å². The van der Waals surface area contributed by atoms with E-state index < -0.39 is 0 Å². The highest BCUT2D eigenvalue weighted by atomic mass is 32.1. The van der Waals surface area contributed by atoms with Gasteiger partial charge in [0.2, 0.25) is 5.91 Å². The lowest BCUT2D eigenvalue weighted by atomic mass is 9.95. The van der Waals surface area contributed by atoms with Crippen LogP contribution >= 0.6 is 11.3 Å². The molecule has 1 amide bonds. The van der Waals surface area contributed by atoms with E-state index >= 15 is 0 Å². The van der Waals surface area contributed by atoms with E-state index in [2.05, 4.69) is 33.5 Å². The number of amides is 1. The van der Waals surface area contributed by atoms with Crippen molar-refractivity contribution in [3.05, 3.63) is 40.9 Å². The van der Waals surface area contributed by atoms with Gasteiger partial charge in [0.15, 0.2) is 5.13 Å². The van der Waals surface area contributed by atoms with Crippen molar-refractivity contribution < 1.29 is 4.79 Å². The molecule has 0 spiro atoms. The van der Waals surface area contributed by atoms with Gasteiger partial charge in [0.05, 0.1) is 5.69 Å². The van der Waals surface area contributed by atoms with Crippen molar-refractivity contribution in [2.24, 2.45) is 5.92 Å². The van der Waals surface area contributed by atoms with Crippen LogP contribution in [0.5, 0.6) is 0 Å². The van der Waals surface area contributed by atoms with E-state index in [-0.39, 0.29) is 5.92 Å². The minimum Gasteiger partial charge on any atom is -0.348 e. The molecular formula is C18H21N3OS. The number of aromatic nitrogens is 1. The molecular weight excluding hydrogens is 306 g/mol. The number of aryl methyl sites for hydroxylation is 1. The van der Waals surface area contributed by atoms with E-state index in [1.807, 2.05) is 17.9 Å². The van der Waals surface area contributed by atoms with E-state index in [9.17, 15) is 4.79 Å². The number of para-hydroxylation sites is 1. The standard InChI is InChI=1S/C18H21N3OS/c1-13-12-23-18(19-13)20-9-6-15(7-10-20)17(22)21-11-8-14-4-2-3-5-16(14)21/h2-5,12,15H,6-11H2,1H3. The molecule has 1 saturated heterocycles. The molecule has 23 heavy (non-hydrogen) atoms. The Labute approximate surface area is 140 Å². The van der Waals surface area contributed by atoms with Gasteiger partial charge >= 0.3 is 0 Å². The number of anilines is 2. The van der Waals surface area contributed by atoms with Crippen LogP contribution in [0.3, 0.4) is 0 Å². The molecule has 0 aliphatic carbocycles. The molecule has 2 aliphatic heterocycles. The van der Waals surface area contributed by atoms with Crippen molar-refractivity contribution >= 4 is 28.1 Å². The van der Waals surface area contributed by atoms with Gasteiger partial charge in [-0.05, 0) is 37.8 Å². The SMILES string of the molecule is Cc1csc(N2CCC(C(=O)N3CCc4ccccc43)CC2)n1. The van der Waals surface area contributed by atoms with Crippen molar-refractivity contribution in [1.29, 1.82) is 0 Å². The van der Waals surface area contributed by atoms with Gasteiger partial charge in [0, 0.05) is 36.6 Å². The lowest BCUT2D eigenvalue weighted by Gasteiger charge is -2.33. The number of carbonyl (C=O) groups is 1. The van der Waals surface area contributed by atoms with Crippen molar-refractivity contribution in [2.75, 3.05) is 29.4 Å². The highest BCUT2D eigenvalue weighted by molar-refractivity contribution is 7.13. The highest BCUT2D eigenvalue weighted by Gasteiger charge is 2.32. The number of rotatable bonds is 2. The average molecular weight is 327 g/mol. The average Bonchev–Trinajstić information content (AvgIpc) is 3.21. The Morgan fingerprint density at radius 1 is 1.22 bits per heavy atom. The van der Waals surface area contributed by atoms with Gasteiger partial charge in [-0.25, -0.2) is 4.98 Å². The molecule has 1 aromatic carbocycles. The molecule has 120 valence electrons. The first kappa shape index (κ1) is 14.7. The van der Waals surface area contributed by atoms with Gasteiger partial charge in [-0.2, -0.15) is 0 Å². The maximum Gasteiger partial charge on any atom is 0.230 e. The largest absolute Gasteiger partial charge is 0.348 e. The molecule has 0 atom stereocenters. The summed E-state index contributed by atoms with van der Waals surface area (Å²) in [5.74, 6) is 0.461. The van der Waals surface area contributed by atoms with Crippen LogP contribution in [0.25, 0.3) is 0 Å². The molecule has 0 N–H and O–H groups in total. The predicted octanol–water partition coefficient (Wildman–Crippen LogP) is 3.26. The Balaban J connectivity index is 1.42. The van der Waals surface area contributed by atoms with Crippen LogP contribution in [-0.2, 0) is 11.2 Å². The molecule has 1 aromatic heterocycles. The number of fused-ring (bicyclic) bond motifs is 1. The highest BCUT2D eigenvalue weighted by Crippen LogP contribution is 2.32. The Morgan fingerprint density at radius 2 is 2.00 bits per heavy atom. The monoisotopic (exact) mass is 327 g/mol. The maximum absolute atomic E-state index is 12.9. The molecule has 5 heteroatoms. The van der Waals surface area contributed by atoms with Crippen LogP contribution in [0.4, 0.5) is 10.8 Å². The molecule has 0 bridgehead atoms. The third-order valence-corrected chi connectivity index (χ3v) is 5.89. The van der Waals surface area contributed by atoms with E-state index in [4.69, 9.17) is 0 Å². The smallest absolute Gasteiger partial charge is 0.230 e. The van der Waals surface area contributed by atoms with Gasteiger partial charge in [0.25, 0.3) is 0 Å². The molecule has 4 rings (SSSR count). The second-order valence-electron chi connectivity index (χ2n) is 6.40. The number of carbonyl (C=O) groups excluding carboxylic acids is 1. The first-order valence-corrected chi connectivity index (χ1v) is 9.17. The molecule has 2 aliphatic rings. The van der Waals surface area contributed by atoms with Gasteiger partial charge in [-0.3, -0.25) is 4.79 Å². The summed E-state index contributed by atoms with van der Waals surface area (Å²) < 4.78 is 0. The summed E-state index contributed by atoms with van der Waals surface area (Å²) in [5, 5.41) is 3.19. The fourth-order valence-electron chi connectivity index (χ4n) is 3.59. The van der Waals surface area contributed by atoms with Crippen molar-refractivity contribution in [3.8, 4) is 0 Å². The number of thiazole rings is 1. The summed E-state index contributed by atoms with van der Waals surface area (Å²) >= 11 is 1.70. The minimum atomic E-state index is 0.151. The first-order chi connectivity index (χ1) is 11.2. The number of nitrogens with zero attached hydrogens (tertiary/aromatic N) is 3. The van der Waals surface area contributed by atoms with E-state index in [1.165, 1.54) is 5.56 Å². The van der Waals surface area contributed by atoms with Gasteiger partial charge < -0.3 is 9.80 Å². The van der Waals surface area contributed by atoms with Crippen molar-refractivity contribution in [2.45, 2.75) is 26.2 Å². The lowest BCUT2D eigenvalue weighted by Crippen LogP contribution is -2.42. The second-order valence-corrected chi connectivity index (χ2v) is 7.24. The lowest BCUT2D eigenvalue weighted by molar-refractivity contribution is -0.122. The molecule has 3 heterocycles. The Hall–Kier alpha value is -1.88. The summed E-state index contributed by atoms with van der Waals surface area (Å²) in [6.07, 6.45) is 2.84. The van der Waals surface area contributed by atoms with E-state index in [1.54, 1.807) is 11.3 Å². The predicted molar refractivity (Wildman–Crippen MR) is 94.3 cm³/mol. The van der Waals surface area contributed by atoms with Crippen LogP contribution in [0, 0.1) is 12.8 Å². The molecule has 0 radical (unpaired) electrons. The summed E-state index contributed by atoms with van der Waals surface area (Å²) in [6, 6.07) is 8.29. The quantitative estimate of drug-likeness (QED) is 0.849. The van der Waals surface area contributed by atoms with Crippen LogP contribution in [-0.4, -0.2) is 30.5 Å². The zero-order valence-corrected chi connectivity index (χ0v) is 14.2. The van der Waals surface area contributed by atoms with Crippen molar-refractivity contribution in [3.63, 3.8) is 0 Å². The molecule has 0 saturated carbocycles. The zero-order valence-electron chi connectivity index (χ0n) is 13.4. The fraction of sp³-hybridized carbons (Fsp3) is 0.444. The normalized spacial score (nSPS) is 18.3. The van der Waals surface area contributed by atoms with Crippen LogP contribution in [0.1, 0.15) is 24.1 Å². The topological polar surface area (TPSA) is 36.4 Å². The molecule has 0 unspecified atom stereocenters. The Bertz CT molecular complexity index is 719. The third-order valence-electron chi connectivity index (χ3n) is 4.87. The number of piperidine rings is 1. The maximum atomic E-state index is 12.9. The number of hydrogen-bond acceptors (Lipinski definition) is 4. The minimum absolute atomic E-state index is 0.151. The summed E-state index contributed by atoms with van der Waals surface area (Å²) in [7, 11) is 0. The summed E-state index contributed by atoms with van der Waals surface area (Å²) in [5.41, 5.74) is 3.50. The fourth-order valence-corrected chi connectivity index (χ4v) is 4.45. The van der Waals surface area contributed by atoms with Crippen LogP contribution in [0.15, 0.2) is 29.6 Å². The molecule has 2 aromatic rings. The van der Waals surface area contributed by atoms with Gasteiger partial charge in [0.1, 0.15) is 0 Å².